The molecule has 0 aromatic carbocycles. The van der Waals surface area contributed by atoms with Gasteiger partial charge >= 0.3 is 5.97 Å². The lowest BCUT2D eigenvalue weighted by Crippen LogP contribution is -2.31. The first-order valence-corrected chi connectivity index (χ1v) is 6.62. The molecule has 1 aliphatic carbocycles. The molecular formula is C13H21N3O2. The minimum atomic E-state index is -0.664. The van der Waals surface area contributed by atoms with Crippen LogP contribution in [0.15, 0.2) is 6.20 Å². The van der Waals surface area contributed by atoms with Crippen molar-refractivity contribution in [3.63, 3.8) is 0 Å². The fourth-order valence-electron chi connectivity index (χ4n) is 2.68. The number of carboxylic acid groups (broad SMARTS) is 1. The Hall–Kier alpha value is -1.52. The van der Waals surface area contributed by atoms with E-state index in [9.17, 15) is 4.79 Å². The molecule has 1 heterocycles. The van der Waals surface area contributed by atoms with Crippen LogP contribution in [0.2, 0.25) is 0 Å². The minimum absolute atomic E-state index is 0.196. The Morgan fingerprint density at radius 2 is 2.39 bits per heavy atom. The first-order chi connectivity index (χ1) is 8.60. The Labute approximate surface area is 107 Å². The Balaban J connectivity index is 2.02. The molecule has 0 spiro atoms. The highest BCUT2D eigenvalue weighted by Gasteiger charge is 2.27. The topological polar surface area (TPSA) is 67.2 Å². The molecular weight excluding hydrogens is 230 g/mol. The van der Waals surface area contributed by atoms with Gasteiger partial charge in [-0.15, -0.1) is 0 Å². The Morgan fingerprint density at radius 3 is 3.06 bits per heavy atom. The number of carbonyl (C=O) groups is 1. The predicted molar refractivity (Wildman–Crippen MR) is 69.6 cm³/mol. The average Bonchev–Trinajstić information content (AvgIpc) is 2.69. The molecule has 1 aromatic heterocycles. The number of aryl methyl sites for hydroxylation is 2. The fraction of sp³-hybridized carbons (Fsp3) is 0.692. The van der Waals surface area contributed by atoms with Crippen LogP contribution in [0, 0.1) is 5.92 Å². The fourth-order valence-corrected chi connectivity index (χ4v) is 2.68. The molecule has 1 saturated carbocycles. The van der Waals surface area contributed by atoms with Crippen LogP contribution >= 0.6 is 0 Å². The van der Waals surface area contributed by atoms with Gasteiger partial charge in [0, 0.05) is 19.3 Å². The van der Waals surface area contributed by atoms with E-state index in [4.69, 9.17) is 5.11 Å². The van der Waals surface area contributed by atoms with Crippen molar-refractivity contribution in [2.24, 2.45) is 13.0 Å². The summed E-state index contributed by atoms with van der Waals surface area (Å²) in [4.78, 5) is 11.0. The maximum Gasteiger partial charge on any atom is 0.306 e. The SMILES string of the molecule is CCc1nn(C)cc1NC1CCCC(C(=O)O)C1. The molecule has 100 valence electrons. The quantitative estimate of drug-likeness (QED) is 0.859. The summed E-state index contributed by atoms with van der Waals surface area (Å²) in [7, 11) is 1.91. The van der Waals surface area contributed by atoms with Crippen LogP contribution in [-0.2, 0) is 18.3 Å². The maximum absolute atomic E-state index is 11.0. The summed E-state index contributed by atoms with van der Waals surface area (Å²) in [6, 6.07) is 0.259. The van der Waals surface area contributed by atoms with Crippen molar-refractivity contribution in [1.82, 2.24) is 9.78 Å². The molecule has 2 atom stereocenters. The second kappa shape index (κ2) is 5.42. The summed E-state index contributed by atoms with van der Waals surface area (Å²) in [6.45, 7) is 2.08. The molecule has 0 aliphatic heterocycles. The summed E-state index contributed by atoms with van der Waals surface area (Å²) in [6.07, 6.45) is 6.41. The minimum Gasteiger partial charge on any atom is -0.481 e. The lowest BCUT2D eigenvalue weighted by molar-refractivity contribution is -0.142. The second-order valence-electron chi connectivity index (χ2n) is 5.06. The van der Waals surface area contributed by atoms with E-state index in [0.717, 1.165) is 37.1 Å². The van der Waals surface area contributed by atoms with Gasteiger partial charge in [0.2, 0.25) is 0 Å². The van der Waals surface area contributed by atoms with Crippen molar-refractivity contribution in [2.45, 2.75) is 45.1 Å². The van der Waals surface area contributed by atoms with Crippen molar-refractivity contribution in [1.29, 1.82) is 0 Å². The zero-order valence-corrected chi connectivity index (χ0v) is 11.0. The first-order valence-electron chi connectivity index (χ1n) is 6.62. The van der Waals surface area contributed by atoms with Crippen LogP contribution in [0.4, 0.5) is 5.69 Å². The Kier molecular flexibility index (Phi) is 3.89. The summed E-state index contributed by atoms with van der Waals surface area (Å²) >= 11 is 0. The van der Waals surface area contributed by atoms with Gasteiger partial charge in [-0.1, -0.05) is 13.3 Å². The highest BCUT2D eigenvalue weighted by Crippen LogP contribution is 2.27. The predicted octanol–water partition coefficient (Wildman–Crippen LogP) is 2.04. The molecule has 2 N–H and O–H groups in total. The van der Waals surface area contributed by atoms with Crippen LogP contribution in [0.5, 0.6) is 0 Å². The first kappa shape index (κ1) is 12.9. The van der Waals surface area contributed by atoms with Crippen LogP contribution in [0.25, 0.3) is 0 Å². The third-order valence-electron chi connectivity index (χ3n) is 3.62. The van der Waals surface area contributed by atoms with Crippen LogP contribution in [-0.4, -0.2) is 26.9 Å². The monoisotopic (exact) mass is 251 g/mol. The van der Waals surface area contributed by atoms with E-state index in [0.29, 0.717) is 6.42 Å². The van der Waals surface area contributed by atoms with Crippen LogP contribution < -0.4 is 5.32 Å². The molecule has 0 amide bonds. The van der Waals surface area contributed by atoms with E-state index >= 15 is 0 Å². The third kappa shape index (κ3) is 2.83. The Bertz CT molecular complexity index is 428. The normalized spacial score (nSPS) is 23.9. The molecule has 18 heavy (non-hydrogen) atoms. The standard InChI is InChI=1S/C13H21N3O2/c1-3-11-12(8-16(2)15-11)14-10-6-4-5-9(7-10)13(17)18/h8-10,14H,3-7H2,1-2H3,(H,17,18). The number of rotatable bonds is 4. The second-order valence-corrected chi connectivity index (χ2v) is 5.06. The number of carboxylic acids is 1. The van der Waals surface area contributed by atoms with Gasteiger partial charge in [0.25, 0.3) is 0 Å². The number of nitrogens with zero attached hydrogens (tertiary/aromatic N) is 2. The molecule has 2 unspecified atom stereocenters. The lowest BCUT2D eigenvalue weighted by atomic mass is 9.85. The number of anilines is 1. The third-order valence-corrected chi connectivity index (χ3v) is 3.62. The van der Waals surface area contributed by atoms with Gasteiger partial charge in [0.1, 0.15) is 0 Å². The molecule has 0 bridgehead atoms. The van der Waals surface area contributed by atoms with Gasteiger partial charge in [-0.25, -0.2) is 0 Å². The van der Waals surface area contributed by atoms with Gasteiger partial charge in [-0.05, 0) is 25.7 Å². The van der Waals surface area contributed by atoms with Gasteiger partial charge in [0.15, 0.2) is 0 Å². The largest absolute Gasteiger partial charge is 0.481 e. The van der Waals surface area contributed by atoms with Crippen molar-refractivity contribution in [2.75, 3.05) is 5.32 Å². The van der Waals surface area contributed by atoms with E-state index in [1.807, 2.05) is 13.2 Å². The van der Waals surface area contributed by atoms with E-state index in [2.05, 4.69) is 17.3 Å². The zero-order chi connectivity index (χ0) is 13.1. The van der Waals surface area contributed by atoms with Gasteiger partial charge in [-0.3, -0.25) is 9.48 Å². The molecule has 2 rings (SSSR count). The number of aromatic nitrogens is 2. The van der Waals surface area contributed by atoms with E-state index in [1.165, 1.54) is 0 Å². The molecule has 1 aromatic rings. The number of nitrogens with one attached hydrogen (secondary N) is 1. The molecule has 5 heteroatoms. The smallest absolute Gasteiger partial charge is 0.306 e. The summed E-state index contributed by atoms with van der Waals surface area (Å²) in [5, 5.41) is 16.9. The molecule has 1 fully saturated rings. The Morgan fingerprint density at radius 1 is 1.61 bits per heavy atom. The summed E-state index contributed by atoms with van der Waals surface area (Å²) < 4.78 is 1.80. The number of aliphatic carboxylic acids is 1. The van der Waals surface area contributed by atoms with Gasteiger partial charge < -0.3 is 10.4 Å². The van der Waals surface area contributed by atoms with Crippen molar-refractivity contribution < 1.29 is 9.90 Å². The van der Waals surface area contributed by atoms with Crippen molar-refractivity contribution in [3.8, 4) is 0 Å². The molecule has 1 aliphatic rings. The number of hydrogen-bond acceptors (Lipinski definition) is 3. The maximum atomic E-state index is 11.0. The molecule has 0 radical (unpaired) electrons. The van der Waals surface area contributed by atoms with E-state index < -0.39 is 5.97 Å². The molecule has 0 saturated heterocycles. The summed E-state index contributed by atoms with van der Waals surface area (Å²) in [5.74, 6) is -0.860. The van der Waals surface area contributed by atoms with E-state index in [1.54, 1.807) is 4.68 Å². The van der Waals surface area contributed by atoms with Gasteiger partial charge in [-0.2, -0.15) is 5.10 Å². The van der Waals surface area contributed by atoms with Crippen LogP contribution in [0.1, 0.15) is 38.3 Å². The molecule has 5 nitrogen and oxygen atoms in total. The van der Waals surface area contributed by atoms with E-state index in [-0.39, 0.29) is 12.0 Å². The highest BCUT2D eigenvalue weighted by molar-refractivity contribution is 5.70. The highest BCUT2D eigenvalue weighted by atomic mass is 16.4. The van der Waals surface area contributed by atoms with Crippen LogP contribution in [0.3, 0.4) is 0 Å². The lowest BCUT2D eigenvalue weighted by Gasteiger charge is -2.27. The number of hydrogen-bond donors (Lipinski definition) is 2. The van der Waals surface area contributed by atoms with Gasteiger partial charge in [0.05, 0.1) is 17.3 Å². The van der Waals surface area contributed by atoms with Crippen molar-refractivity contribution in [3.05, 3.63) is 11.9 Å². The average molecular weight is 251 g/mol. The summed E-state index contributed by atoms with van der Waals surface area (Å²) in [5.41, 5.74) is 2.10. The van der Waals surface area contributed by atoms with Crippen molar-refractivity contribution >= 4 is 11.7 Å². The zero-order valence-electron chi connectivity index (χ0n) is 11.0.